The van der Waals surface area contributed by atoms with Gasteiger partial charge in [0.2, 0.25) is 6.79 Å². The molecule has 5 heteroatoms. The molecule has 0 saturated heterocycles. The molecule has 0 N–H and O–H groups in total. The second kappa shape index (κ2) is 8.34. The van der Waals surface area contributed by atoms with Gasteiger partial charge in [0.15, 0.2) is 23.1 Å². The van der Waals surface area contributed by atoms with Crippen molar-refractivity contribution in [2.45, 2.75) is 25.2 Å². The first-order valence-electron chi connectivity index (χ1n) is 11.4. The highest BCUT2D eigenvalue weighted by molar-refractivity contribution is 6.17. The Morgan fingerprint density at radius 3 is 2.41 bits per heavy atom. The molecule has 0 fully saturated rings. The molecule has 0 spiro atoms. The number of ketones is 2. The lowest BCUT2D eigenvalue weighted by molar-refractivity contribution is 0.0949. The number of carbonyl (C=O) groups is 2. The van der Waals surface area contributed by atoms with Crippen LogP contribution in [-0.2, 0) is 12.8 Å². The van der Waals surface area contributed by atoms with E-state index in [1.165, 1.54) is 0 Å². The summed E-state index contributed by atoms with van der Waals surface area (Å²) in [6.07, 6.45) is 1.24. The lowest BCUT2D eigenvalue weighted by Crippen LogP contribution is -2.20. The van der Waals surface area contributed by atoms with Crippen LogP contribution < -0.4 is 9.47 Å². The smallest absolute Gasteiger partial charge is 0.231 e. The first-order valence-corrected chi connectivity index (χ1v) is 11.4. The van der Waals surface area contributed by atoms with Gasteiger partial charge in [-0.3, -0.25) is 9.59 Å². The minimum atomic E-state index is -0.180. The van der Waals surface area contributed by atoms with Gasteiger partial charge in [0.05, 0.1) is 11.1 Å². The summed E-state index contributed by atoms with van der Waals surface area (Å²) in [4.78, 5) is 27.1. The fourth-order valence-electron chi connectivity index (χ4n) is 4.96. The number of fused-ring (bicyclic) bond motifs is 2. The van der Waals surface area contributed by atoms with Crippen molar-refractivity contribution in [3.8, 4) is 11.5 Å². The average molecular weight is 450 g/mol. The molecule has 1 aliphatic carbocycles. The molecule has 34 heavy (non-hydrogen) atoms. The van der Waals surface area contributed by atoms with E-state index in [-0.39, 0.29) is 30.7 Å². The molecule has 1 unspecified atom stereocenters. The van der Waals surface area contributed by atoms with Crippen molar-refractivity contribution in [1.82, 2.24) is 0 Å². The fraction of sp³-hybridized carbons (Fsp3) is 0.172. The molecule has 168 valence electrons. The Labute approximate surface area is 196 Å². The van der Waals surface area contributed by atoms with Crippen LogP contribution in [0.5, 0.6) is 11.5 Å². The van der Waals surface area contributed by atoms with E-state index in [4.69, 9.17) is 13.9 Å². The number of hydrogen-bond acceptors (Lipinski definition) is 5. The zero-order valence-corrected chi connectivity index (χ0v) is 18.5. The Hall–Kier alpha value is -4.12. The third kappa shape index (κ3) is 3.50. The van der Waals surface area contributed by atoms with Gasteiger partial charge in [-0.15, -0.1) is 0 Å². The Balaban J connectivity index is 1.44. The van der Waals surface area contributed by atoms with E-state index in [9.17, 15) is 9.59 Å². The van der Waals surface area contributed by atoms with Crippen molar-refractivity contribution >= 4 is 11.6 Å². The maximum Gasteiger partial charge on any atom is 0.231 e. The summed E-state index contributed by atoms with van der Waals surface area (Å²) < 4.78 is 17.5. The third-order valence-electron chi connectivity index (χ3n) is 6.53. The first kappa shape index (κ1) is 20.5. The summed E-state index contributed by atoms with van der Waals surface area (Å²) in [5, 5.41) is 0. The highest BCUT2D eigenvalue weighted by atomic mass is 16.7. The second-order valence-corrected chi connectivity index (χ2v) is 8.67. The molecule has 0 amide bonds. The number of carbonyl (C=O) groups excluding carboxylic acids is 2. The fourth-order valence-corrected chi connectivity index (χ4v) is 4.96. The van der Waals surface area contributed by atoms with Gasteiger partial charge in [0.25, 0.3) is 0 Å². The number of Topliss-reactive ketones (excluding diaryl/α,β-unsaturated/α-hetero) is 1. The summed E-state index contributed by atoms with van der Waals surface area (Å²) in [6, 6.07) is 24.7. The van der Waals surface area contributed by atoms with Crippen molar-refractivity contribution < 1.29 is 23.5 Å². The van der Waals surface area contributed by atoms with E-state index in [1.54, 1.807) is 12.1 Å². The molecular formula is C29H22O5. The maximum atomic E-state index is 13.6. The highest BCUT2D eigenvalue weighted by Crippen LogP contribution is 2.45. The van der Waals surface area contributed by atoms with E-state index >= 15 is 0 Å². The maximum absolute atomic E-state index is 13.6. The van der Waals surface area contributed by atoms with Crippen LogP contribution in [0.15, 0.2) is 83.3 Å². The highest BCUT2D eigenvalue weighted by Gasteiger charge is 2.38. The summed E-state index contributed by atoms with van der Waals surface area (Å²) in [7, 11) is 0. The van der Waals surface area contributed by atoms with E-state index in [1.807, 2.05) is 66.7 Å². The van der Waals surface area contributed by atoms with Gasteiger partial charge >= 0.3 is 0 Å². The molecule has 6 rings (SSSR count). The Kier molecular flexibility index (Phi) is 5.02. The molecule has 2 aliphatic rings. The molecular weight excluding hydrogens is 428 g/mol. The molecule has 1 atom stereocenters. The molecule has 3 aromatic carbocycles. The standard InChI is InChI=1S/C29H22O5/c30-22-15-20(21-12-7-13-23-29(21)33-17-32-23)16-25-26(22)27(28(31)19-10-5-2-6-11-19)24(34-25)14-18-8-3-1-4-9-18/h1-13,20H,14-17H2. The average Bonchev–Trinajstić information content (AvgIpc) is 3.49. The number of rotatable bonds is 5. The van der Waals surface area contributed by atoms with E-state index in [2.05, 4.69) is 0 Å². The van der Waals surface area contributed by atoms with Gasteiger partial charge in [-0.25, -0.2) is 0 Å². The zero-order valence-electron chi connectivity index (χ0n) is 18.5. The summed E-state index contributed by atoms with van der Waals surface area (Å²) >= 11 is 0. The predicted molar refractivity (Wildman–Crippen MR) is 126 cm³/mol. The van der Waals surface area contributed by atoms with Crippen LogP contribution in [0.25, 0.3) is 0 Å². The van der Waals surface area contributed by atoms with Gasteiger partial charge in [0, 0.05) is 36.3 Å². The minimum Gasteiger partial charge on any atom is -0.464 e. The molecule has 2 heterocycles. The Bertz CT molecular complexity index is 1390. The van der Waals surface area contributed by atoms with E-state index < -0.39 is 0 Å². The summed E-state index contributed by atoms with van der Waals surface area (Å²) in [5.41, 5.74) is 3.32. The monoisotopic (exact) mass is 450 g/mol. The zero-order chi connectivity index (χ0) is 23.1. The van der Waals surface area contributed by atoms with Gasteiger partial charge in [-0.1, -0.05) is 72.8 Å². The van der Waals surface area contributed by atoms with Crippen molar-refractivity contribution in [3.05, 3.63) is 118 Å². The number of ether oxygens (including phenoxy) is 2. The quantitative estimate of drug-likeness (QED) is 0.363. The van der Waals surface area contributed by atoms with Crippen LogP contribution >= 0.6 is 0 Å². The Morgan fingerprint density at radius 2 is 1.62 bits per heavy atom. The largest absolute Gasteiger partial charge is 0.464 e. The lowest BCUT2D eigenvalue weighted by Gasteiger charge is -2.22. The van der Waals surface area contributed by atoms with Crippen LogP contribution in [0.2, 0.25) is 0 Å². The molecule has 1 aromatic heterocycles. The SMILES string of the molecule is O=C1CC(c2cccc3c2OCO3)Cc2oc(Cc3ccccc3)c(C(=O)c3ccccc3)c21. The molecule has 1 aliphatic heterocycles. The van der Waals surface area contributed by atoms with Crippen LogP contribution in [0.1, 0.15) is 61.3 Å². The van der Waals surface area contributed by atoms with E-state index in [0.717, 1.165) is 11.1 Å². The Morgan fingerprint density at radius 1 is 0.853 bits per heavy atom. The number of furan rings is 1. The summed E-state index contributed by atoms with van der Waals surface area (Å²) in [5.74, 6) is 2.14. The van der Waals surface area contributed by atoms with Crippen LogP contribution in [0.3, 0.4) is 0 Å². The molecule has 0 saturated carbocycles. The topological polar surface area (TPSA) is 65.7 Å². The summed E-state index contributed by atoms with van der Waals surface area (Å²) in [6.45, 7) is 0.177. The molecule has 4 aromatic rings. The normalized spacial score (nSPS) is 16.4. The van der Waals surface area contributed by atoms with Crippen LogP contribution in [0, 0.1) is 0 Å². The minimum absolute atomic E-state index is 0.0786. The van der Waals surface area contributed by atoms with E-state index in [0.29, 0.717) is 52.6 Å². The third-order valence-corrected chi connectivity index (χ3v) is 6.53. The van der Waals surface area contributed by atoms with Crippen molar-refractivity contribution in [3.63, 3.8) is 0 Å². The number of para-hydroxylation sites is 1. The van der Waals surface area contributed by atoms with Crippen molar-refractivity contribution in [1.29, 1.82) is 0 Å². The molecule has 0 radical (unpaired) electrons. The lowest BCUT2D eigenvalue weighted by atomic mass is 9.80. The van der Waals surface area contributed by atoms with Gasteiger partial charge in [-0.2, -0.15) is 0 Å². The van der Waals surface area contributed by atoms with Gasteiger partial charge < -0.3 is 13.9 Å². The first-order chi connectivity index (χ1) is 16.7. The van der Waals surface area contributed by atoms with Gasteiger partial charge in [-0.05, 0) is 11.6 Å². The predicted octanol–water partition coefficient (Wildman–Crippen LogP) is 5.74. The van der Waals surface area contributed by atoms with Crippen molar-refractivity contribution in [2.75, 3.05) is 6.79 Å². The van der Waals surface area contributed by atoms with Crippen molar-refractivity contribution in [2.24, 2.45) is 0 Å². The second-order valence-electron chi connectivity index (χ2n) is 8.67. The molecule has 5 nitrogen and oxygen atoms in total. The van der Waals surface area contributed by atoms with Crippen LogP contribution in [-0.4, -0.2) is 18.4 Å². The van der Waals surface area contributed by atoms with Crippen LogP contribution in [0.4, 0.5) is 0 Å². The molecule has 0 bridgehead atoms. The number of hydrogen-bond donors (Lipinski definition) is 0. The number of benzene rings is 3. The van der Waals surface area contributed by atoms with Gasteiger partial charge in [0.1, 0.15) is 11.5 Å².